The van der Waals surface area contributed by atoms with Crippen LogP contribution in [0.4, 0.5) is 21.5 Å². The van der Waals surface area contributed by atoms with Gasteiger partial charge in [0.15, 0.2) is 0 Å². The highest BCUT2D eigenvalue weighted by atomic mass is 19.1. The van der Waals surface area contributed by atoms with Crippen LogP contribution in [-0.2, 0) is 9.59 Å². The zero-order chi connectivity index (χ0) is 28.5. The number of carbonyl (C=O) groups excluding carboxylic acids is 2. The van der Waals surface area contributed by atoms with Crippen LogP contribution in [0.15, 0.2) is 108 Å². The third-order valence-electron chi connectivity index (χ3n) is 5.89. The Morgan fingerprint density at radius 1 is 1.05 bits per heavy atom. The van der Waals surface area contributed by atoms with Crippen molar-refractivity contribution < 1.29 is 14.0 Å². The van der Waals surface area contributed by atoms with Crippen molar-refractivity contribution in [3.63, 3.8) is 0 Å². The van der Waals surface area contributed by atoms with E-state index in [0.29, 0.717) is 30.9 Å². The van der Waals surface area contributed by atoms with Crippen LogP contribution in [-0.4, -0.2) is 32.1 Å². The lowest BCUT2D eigenvalue weighted by molar-refractivity contribution is -0.109. The van der Waals surface area contributed by atoms with Gasteiger partial charge in [0, 0.05) is 42.3 Å². The van der Waals surface area contributed by atoms with E-state index in [4.69, 9.17) is 4.79 Å². The van der Waals surface area contributed by atoms with Crippen molar-refractivity contribution in [2.24, 2.45) is 10.7 Å². The first-order valence-corrected chi connectivity index (χ1v) is 12.6. The Hall–Kier alpha value is -4.72. The minimum Gasteiger partial charge on any atom is -0.372 e. The van der Waals surface area contributed by atoms with Gasteiger partial charge in [-0.3, -0.25) is 9.59 Å². The smallest absolute Gasteiger partial charge is 0.207 e. The van der Waals surface area contributed by atoms with Crippen molar-refractivity contribution in [3.05, 3.63) is 114 Å². The van der Waals surface area contributed by atoms with E-state index in [-0.39, 0.29) is 18.1 Å². The highest BCUT2D eigenvalue weighted by Gasteiger charge is 2.18. The van der Waals surface area contributed by atoms with E-state index < -0.39 is 0 Å². The highest BCUT2D eigenvalue weighted by Crippen LogP contribution is 2.33. The molecule has 7 nitrogen and oxygen atoms in total. The van der Waals surface area contributed by atoms with Crippen LogP contribution in [0.1, 0.15) is 31.7 Å². The number of anilines is 3. The molecule has 0 radical (unpaired) electrons. The quantitative estimate of drug-likeness (QED) is 0.146. The van der Waals surface area contributed by atoms with Crippen LogP contribution in [0.2, 0.25) is 0 Å². The molecule has 0 heterocycles. The molecule has 4 N–H and O–H groups in total. The summed E-state index contributed by atoms with van der Waals surface area (Å²) in [6, 6.07) is 24.8. The molecule has 0 aliphatic heterocycles. The Labute approximate surface area is 229 Å². The zero-order valence-corrected chi connectivity index (χ0v) is 22.4. The van der Waals surface area contributed by atoms with Gasteiger partial charge in [-0.1, -0.05) is 61.5 Å². The third-order valence-corrected chi connectivity index (χ3v) is 5.89. The molecule has 0 fully saturated rings. The lowest BCUT2D eigenvalue weighted by Gasteiger charge is -2.26. The lowest BCUT2D eigenvalue weighted by Crippen LogP contribution is -2.28. The SMILES string of the molecule is C=C(/N=C\C=C(/C)C(CC)c1ccc(N(CCNC=O)c2ccccc2)cc1F)Nc1ccccc1.NC=O. The number of carbonyl (C=O) groups is 2. The molecule has 0 aromatic heterocycles. The van der Waals surface area contributed by atoms with Gasteiger partial charge in [-0.15, -0.1) is 0 Å². The average Bonchev–Trinajstić information content (AvgIpc) is 2.94. The Balaban J connectivity index is 0.00000170. The van der Waals surface area contributed by atoms with Gasteiger partial charge in [-0.25, -0.2) is 9.38 Å². The minimum absolute atomic E-state index is 0.0808. The summed E-state index contributed by atoms with van der Waals surface area (Å²) in [7, 11) is 0. The van der Waals surface area contributed by atoms with E-state index in [1.165, 1.54) is 0 Å². The second kappa shape index (κ2) is 16.9. The molecule has 3 aromatic rings. The number of para-hydroxylation sites is 2. The molecule has 0 aliphatic carbocycles. The molecule has 0 saturated heterocycles. The maximum Gasteiger partial charge on any atom is 0.207 e. The summed E-state index contributed by atoms with van der Waals surface area (Å²) < 4.78 is 15.4. The summed E-state index contributed by atoms with van der Waals surface area (Å²) in [6.45, 7) is 8.94. The molecular formula is C31H36FN5O2. The van der Waals surface area contributed by atoms with E-state index in [1.54, 1.807) is 12.3 Å². The fourth-order valence-corrected chi connectivity index (χ4v) is 4.09. The number of allylic oxidation sites excluding steroid dienone is 2. The normalized spacial score (nSPS) is 11.6. The number of rotatable bonds is 13. The van der Waals surface area contributed by atoms with Crippen molar-refractivity contribution in [1.82, 2.24) is 5.32 Å². The third kappa shape index (κ3) is 9.92. The van der Waals surface area contributed by atoms with Gasteiger partial charge in [0.2, 0.25) is 12.8 Å². The van der Waals surface area contributed by atoms with E-state index in [1.807, 2.05) is 97.6 Å². The molecule has 1 atom stereocenters. The first-order valence-electron chi connectivity index (χ1n) is 12.6. The Morgan fingerprint density at radius 3 is 2.28 bits per heavy atom. The van der Waals surface area contributed by atoms with E-state index in [0.717, 1.165) is 29.1 Å². The van der Waals surface area contributed by atoms with Crippen LogP contribution in [0.5, 0.6) is 0 Å². The molecule has 0 saturated carbocycles. The van der Waals surface area contributed by atoms with Gasteiger partial charge in [-0.2, -0.15) is 0 Å². The van der Waals surface area contributed by atoms with Crippen molar-refractivity contribution in [3.8, 4) is 0 Å². The lowest BCUT2D eigenvalue weighted by atomic mass is 9.89. The van der Waals surface area contributed by atoms with Gasteiger partial charge in [-0.05, 0) is 61.4 Å². The van der Waals surface area contributed by atoms with Crippen LogP contribution < -0.4 is 21.3 Å². The number of hydrogen-bond donors (Lipinski definition) is 3. The largest absolute Gasteiger partial charge is 0.372 e. The summed E-state index contributed by atoms with van der Waals surface area (Å²) in [5, 5.41) is 5.82. The fraction of sp³-hybridized carbons (Fsp3) is 0.194. The Morgan fingerprint density at radius 2 is 1.69 bits per heavy atom. The number of nitrogens with zero attached hydrogens (tertiary/aromatic N) is 2. The van der Waals surface area contributed by atoms with Gasteiger partial charge >= 0.3 is 0 Å². The molecule has 0 spiro atoms. The molecule has 2 amide bonds. The predicted molar refractivity (Wildman–Crippen MR) is 159 cm³/mol. The monoisotopic (exact) mass is 529 g/mol. The molecule has 3 rings (SSSR count). The van der Waals surface area contributed by atoms with Crippen LogP contribution in [0.25, 0.3) is 0 Å². The van der Waals surface area contributed by atoms with Crippen LogP contribution >= 0.6 is 0 Å². The van der Waals surface area contributed by atoms with Crippen molar-refractivity contribution in [2.45, 2.75) is 26.2 Å². The number of nitrogens with two attached hydrogens (primary N) is 1. The maximum absolute atomic E-state index is 15.4. The van der Waals surface area contributed by atoms with Gasteiger partial charge in [0.1, 0.15) is 11.6 Å². The summed E-state index contributed by atoms with van der Waals surface area (Å²) in [5.41, 5.74) is 8.40. The molecule has 204 valence electrons. The number of benzene rings is 3. The Bertz CT molecular complexity index is 1250. The van der Waals surface area contributed by atoms with Crippen LogP contribution in [0.3, 0.4) is 0 Å². The molecule has 39 heavy (non-hydrogen) atoms. The topological polar surface area (TPSA) is 99.8 Å². The molecule has 1 unspecified atom stereocenters. The van der Waals surface area contributed by atoms with E-state index >= 15 is 4.39 Å². The number of nitrogens with one attached hydrogen (secondary N) is 2. The van der Waals surface area contributed by atoms with Crippen molar-refractivity contribution >= 4 is 36.1 Å². The Kier molecular flexibility index (Phi) is 13.2. The highest BCUT2D eigenvalue weighted by molar-refractivity contribution is 5.74. The zero-order valence-electron chi connectivity index (χ0n) is 22.4. The van der Waals surface area contributed by atoms with E-state index in [9.17, 15) is 4.79 Å². The molecule has 3 aromatic carbocycles. The maximum atomic E-state index is 15.4. The standard InChI is InChI=1S/C30H33FN4O.CH3NO/c1-4-28(23(2)17-18-33-24(3)34-25-11-7-5-8-12-25)29-16-15-27(21-30(29)31)35(20-19-32-22-36)26-13-9-6-10-14-26;2-1-3/h5-18,21-22,28,34H,3-4,19-20H2,1-2H3,(H,32,36);1H,(H2,2,3)/b23-17+,33-18-;. The number of hydrogen-bond acceptors (Lipinski definition) is 5. The minimum atomic E-state index is -0.261. The molecule has 8 heteroatoms. The van der Waals surface area contributed by atoms with Crippen molar-refractivity contribution in [2.75, 3.05) is 23.3 Å². The van der Waals surface area contributed by atoms with Gasteiger partial charge in [0.25, 0.3) is 0 Å². The fourth-order valence-electron chi connectivity index (χ4n) is 4.09. The second-order valence-electron chi connectivity index (χ2n) is 8.49. The number of halogens is 1. The van der Waals surface area contributed by atoms with Crippen molar-refractivity contribution in [1.29, 1.82) is 0 Å². The van der Waals surface area contributed by atoms with E-state index in [2.05, 4.69) is 27.9 Å². The number of aliphatic imine (C=N–C) groups is 1. The first-order chi connectivity index (χ1) is 18.9. The summed E-state index contributed by atoms with van der Waals surface area (Å²) in [4.78, 5) is 25.6. The van der Waals surface area contributed by atoms with Crippen LogP contribution in [0, 0.1) is 5.82 Å². The molecule has 0 bridgehead atoms. The van der Waals surface area contributed by atoms with Gasteiger partial charge < -0.3 is 21.3 Å². The summed E-state index contributed by atoms with van der Waals surface area (Å²) >= 11 is 0. The predicted octanol–water partition coefficient (Wildman–Crippen LogP) is 5.91. The molecule has 0 aliphatic rings. The average molecular weight is 530 g/mol. The molecular weight excluding hydrogens is 493 g/mol. The van der Waals surface area contributed by atoms with Gasteiger partial charge in [0.05, 0.1) is 0 Å². The number of amides is 2. The number of primary amides is 1. The second-order valence-corrected chi connectivity index (χ2v) is 8.49. The first kappa shape index (κ1) is 30.5. The summed E-state index contributed by atoms with van der Waals surface area (Å²) in [6.07, 6.45) is 5.27. The summed E-state index contributed by atoms with van der Waals surface area (Å²) in [5.74, 6) is 0.185.